The second-order valence-corrected chi connectivity index (χ2v) is 16.4. The summed E-state index contributed by atoms with van der Waals surface area (Å²) in [5, 5.41) is 0. The van der Waals surface area contributed by atoms with Crippen molar-refractivity contribution in [3.63, 3.8) is 0 Å². The average molecular weight is 508 g/mol. The zero-order valence-corrected chi connectivity index (χ0v) is 21.5. The normalized spacial score (nSPS) is 45.5. The molecule has 7 fully saturated rings. The molecule has 7 saturated heterocycles. The van der Waals surface area contributed by atoms with E-state index in [9.17, 15) is 9.13 Å². The first-order chi connectivity index (χ1) is 13.7. The standard InChI is InChI=1S/C6H13O3P.C5H9O4P.C5H9O3PS/c1-6(2)4-8-10(3,7)9-5-6;1-5-2-7-10(6,8-3-5)9-4-5;1-5-2-6-9(10,7-3-5)8-4-5/h4-5H2,1-3H3;2*2-4H2,1H3. The molecule has 0 saturated carbocycles. The Morgan fingerprint density at radius 1 is 0.600 bits per heavy atom. The van der Waals surface area contributed by atoms with Crippen molar-refractivity contribution in [3.05, 3.63) is 0 Å². The van der Waals surface area contributed by atoms with Crippen LogP contribution in [0.4, 0.5) is 0 Å². The third kappa shape index (κ3) is 6.89. The van der Waals surface area contributed by atoms with Crippen LogP contribution in [-0.2, 0) is 57.1 Å². The van der Waals surface area contributed by atoms with Gasteiger partial charge in [-0.25, -0.2) is 4.57 Å². The van der Waals surface area contributed by atoms with E-state index in [4.69, 9.17) is 48.0 Å². The van der Waals surface area contributed by atoms with Crippen LogP contribution in [-0.4, -0.2) is 59.5 Å². The van der Waals surface area contributed by atoms with Crippen molar-refractivity contribution in [2.45, 2.75) is 27.7 Å². The second kappa shape index (κ2) is 8.86. The summed E-state index contributed by atoms with van der Waals surface area (Å²) in [4.78, 5) is 0. The van der Waals surface area contributed by atoms with Gasteiger partial charge >= 0.3 is 22.1 Å². The minimum absolute atomic E-state index is 0.0178. The second-order valence-electron chi connectivity index (χ2n) is 9.64. The van der Waals surface area contributed by atoms with E-state index in [1.165, 1.54) is 6.66 Å². The van der Waals surface area contributed by atoms with E-state index >= 15 is 0 Å². The Bertz CT molecular complexity index is 667. The van der Waals surface area contributed by atoms with Crippen LogP contribution in [0.15, 0.2) is 0 Å². The number of phosphoric acid groups is 1. The highest BCUT2D eigenvalue weighted by atomic mass is 32.5. The van der Waals surface area contributed by atoms with Crippen molar-refractivity contribution >= 4 is 33.9 Å². The Morgan fingerprint density at radius 2 is 0.933 bits per heavy atom. The van der Waals surface area contributed by atoms with Gasteiger partial charge in [-0.2, -0.15) is 0 Å². The summed E-state index contributed by atoms with van der Waals surface area (Å²) in [6.45, 7) is 12.0. The Kier molecular flexibility index (Phi) is 7.51. The van der Waals surface area contributed by atoms with Crippen LogP contribution in [0, 0.1) is 16.2 Å². The third-order valence-corrected chi connectivity index (χ3v) is 9.62. The molecule has 0 unspecified atom stereocenters. The van der Waals surface area contributed by atoms with E-state index < -0.39 is 22.1 Å². The third-order valence-electron chi connectivity index (χ3n) is 4.81. The molecule has 0 N–H and O–H groups in total. The molecule has 10 nitrogen and oxygen atoms in total. The molecule has 0 aromatic rings. The van der Waals surface area contributed by atoms with Crippen molar-refractivity contribution in [1.82, 2.24) is 0 Å². The summed E-state index contributed by atoms with van der Waals surface area (Å²) in [6.07, 6.45) is 0. The smallest absolute Gasteiger partial charge is 0.308 e. The van der Waals surface area contributed by atoms with Gasteiger partial charge in [0.05, 0.1) is 52.9 Å². The minimum atomic E-state index is -3.07. The Balaban J connectivity index is 0.000000128. The molecule has 7 aliphatic rings. The van der Waals surface area contributed by atoms with E-state index in [-0.39, 0.29) is 16.2 Å². The molecule has 0 aromatic carbocycles. The maximum atomic E-state index is 11.1. The Labute approximate surface area is 182 Å². The van der Waals surface area contributed by atoms with Gasteiger partial charge in [0.25, 0.3) is 0 Å². The molecule has 4 bridgehead atoms. The molecule has 0 aromatic heterocycles. The van der Waals surface area contributed by atoms with Gasteiger partial charge in [0, 0.05) is 22.9 Å². The van der Waals surface area contributed by atoms with E-state index in [2.05, 4.69) is 6.92 Å². The van der Waals surface area contributed by atoms with Gasteiger partial charge in [-0.05, 0) is 11.8 Å². The zero-order valence-electron chi connectivity index (χ0n) is 18.0. The van der Waals surface area contributed by atoms with Crippen LogP contribution in [0.2, 0.25) is 0 Å². The SMILES string of the molecule is CC1(C)COP(C)(=O)OC1.CC12COP(=O)(OC1)OC2.CC12COP(=S)(OC1)OC2. The maximum Gasteiger partial charge on any atom is 0.474 e. The molecule has 0 radical (unpaired) electrons. The highest BCUT2D eigenvalue weighted by molar-refractivity contribution is 8.07. The lowest BCUT2D eigenvalue weighted by Gasteiger charge is -2.44. The van der Waals surface area contributed by atoms with Gasteiger partial charge in [-0.15, -0.1) is 0 Å². The number of fused-ring (bicyclic) bond motifs is 6. The van der Waals surface area contributed by atoms with Crippen LogP contribution >= 0.6 is 22.1 Å². The highest BCUT2D eigenvalue weighted by Crippen LogP contribution is 2.60. The lowest BCUT2D eigenvalue weighted by molar-refractivity contribution is -0.0841. The van der Waals surface area contributed by atoms with Crippen molar-refractivity contribution in [1.29, 1.82) is 0 Å². The molecule has 0 spiro atoms. The zero-order chi connectivity index (χ0) is 22.3. The van der Waals surface area contributed by atoms with Gasteiger partial charge in [-0.3, -0.25) is 18.1 Å². The summed E-state index contributed by atoms with van der Waals surface area (Å²) < 4.78 is 62.6. The molecule has 7 heterocycles. The van der Waals surface area contributed by atoms with E-state index in [0.717, 1.165) is 0 Å². The summed E-state index contributed by atoms with van der Waals surface area (Å²) >= 11 is 4.99. The molecule has 7 rings (SSSR count). The van der Waals surface area contributed by atoms with Crippen LogP contribution in [0.5, 0.6) is 0 Å². The van der Waals surface area contributed by atoms with Crippen molar-refractivity contribution in [2.75, 3.05) is 59.5 Å². The van der Waals surface area contributed by atoms with E-state index in [0.29, 0.717) is 52.9 Å². The topological polar surface area (TPSA) is 108 Å². The van der Waals surface area contributed by atoms with E-state index in [1.54, 1.807) is 0 Å². The highest BCUT2D eigenvalue weighted by Gasteiger charge is 2.47. The Hall–Kier alpha value is 0.790. The van der Waals surface area contributed by atoms with Gasteiger partial charge in [0.1, 0.15) is 0 Å². The first kappa shape index (κ1) is 25.4. The quantitative estimate of drug-likeness (QED) is 0.436. The lowest BCUT2D eigenvalue weighted by atomic mass is 9.95. The molecule has 7 aliphatic heterocycles. The van der Waals surface area contributed by atoms with Crippen molar-refractivity contribution < 1.29 is 45.3 Å². The van der Waals surface area contributed by atoms with Crippen LogP contribution < -0.4 is 0 Å². The number of hydrogen-bond donors (Lipinski definition) is 0. The molecule has 176 valence electrons. The number of rotatable bonds is 0. The predicted octanol–water partition coefficient (Wildman–Crippen LogP) is 4.35. The number of hydrogen-bond acceptors (Lipinski definition) is 11. The average Bonchev–Trinajstić information content (AvgIpc) is 2.69. The van der Waals surface area contributed by atoms with Gasteiger partial charge in [0.15, 0.2) is 0 Å². The summed E-state index contributed by atoms with van der Waals surface area (Å²) in [7, 11) is -5.74. The van der Waals surface area contributed by atoms with E-state index in [1.807, 2.05) is 20.8 Å². The summed E-state index contributed by atoms with van der Waals surface area (Å²) in [5.74, 6) is 0. The van der Waals surface area contributed by atoms with Gasteiger partial charge in [0.2, 0.25) is 0 Å². The van der Waals surface area contributed by atoms with Crippen molar-refractivity contribution in [3.8, 4) is 0 Å². The fourth-order valence-corrected chi connectivity index (χ4v) is 7.53. The lowest BCUT2D eigenvalue weighted by Crippen LogP contribution is -2.41. The summed E-state index contributed by atoms with van der Waals surface area (Å²) in [6, 6.07) is 0. The Morgan fingerprint density at radius 3 is 1.20 bits per heavy atom. The van der Waals surface area contributed by atoms with Crippen LogP contribution in [0.3, 0.4) is 0 Å². The fourth-order valence-electron chi connectivity index (χ4n) is 2.55. The van der Waals surface area contributed by atoms with Gasteiger partial charge in [-0.1, -0.05) is 27.7 Å². The maximum absolute atomic E-state index is 11.1. The molecule has 0 atom stereocenters. The van der Waals surface area contributed by atoms with Crippen molar-refractivity contribution in [2.24, 2.45) is 16.2 Å². The molecule has 0 aliphatic carbocycles. The minimum Gasteiger partial charge on any atom is -0.308 e. The summed E-state index contributed by atoms with van der Waals surface area (Å²) in [5.41, 5.74) is -0.00333. The number of phosphoric ester groups is 1. The first-order valence-corrected chi connectivity index (χ1v) is 15.6. The van der Waals surface area contributed by atoms with Crippen LogP contribution in [0.25, 0.3) is 0 Å². The fraction of sp³-hybridized carbons (Fsp3) is 1.00. The predicted molar refractivity (Wildman–Crippen MR) is 113 cm³/mol. The monoisotopic (exact) mass is 508 g/mol. The largest absolute Gasteiger partial charge is 0.474 e. The first-order valence-electron chi connectivity index (χ1n) is 9.59. The molecular weight excluding hydrogens is 477 g/mol. The molecule has 14 heteroatoms. The molecular formula is C16H31O10P3S. The van der Waals surface area contributed by atoms with Crippen LogP contribution in [0.1, 0.15) is 27.7 Å². The molecule has 30 heavy (non-hydrogen) atoms. The molecule has 0 amide bonds. The van der Waals surface area contributed by atoms with Gasteiger partial charge < -0.3 is 22.6 Å².